The Morgan fingerprint density at radius 1 is 1.29 bits per heavy atom. The molecule has 0 heterocycles. The summed E-state index contributed by atoms with van der Waals surface area (Å²) in [6.45, 7) is 11.2. The first kappa shape index (κ1) is 13.4. The Balaban J connectivity index is 3.84. The molecule has 14 heavy (non-hydrogen) atoms. The summed E-state index contributed by atoms with van der Waals surface area (Å²) in [4.78, 5) is 11.6. The van der Waals surface area contributed by atoms with Crippen molar-refractivity contribution >= 4 is 5.97 Å². The van der Waals surface area contributed by atoms with Crippen molar-refractivity contribution in [2.75, 3.05) is 19.8 Å². The molecule has 0 rings (SSSR count). The molecule has 0 saturated heterocycles. The average molecular weight is 202 g/mol. The minimum absolute atomic E-state index is 0.146. The number of esters is 1. The summed E-state index contributed by atoms with van der Waals surface area (Å²) in [7, 11) is 0. The van der Waals surface area contributed by atoms with Gasteiger partial charge in [0.1, 0.15) is 6.61 Å². The van der Waals surface area contributed by atoms with Crippen molar-refractivity contribution in [1.29, 1.82) is 0 Å². The normalized spacial score (nSPS) is 11.9. The van der Waals surface area contributed by atoms with E-state index in [1.165, 1.54) is 0 Å². The molecule has 3 nitrogen and oxygen atoms in total. The van der Waals surface area contributed by atoms with Crippen LogP contribution in [0.15, 0.2) is 0 Å². The van der Waals surface area contributed by atoms with Gasteiger partial charge in [0.15, 0.2) is 0 Å². The second-order valence-corrected chi connectivity index (χ2v) is 4.21. The molecule has 0 aromatic carbocycles. The highest BCUT2D eigenvalue weighted by atomic mass is 16.6. The fourth-order valence-corrected chi connectivity index (χ4v) is 0.759. The van der Waals surface area contributed by atoms with Crippen molar-refractivity contribution in [1.82, 2.24) is 0 Å². The molecule has 84 valence electrons. The maximum Gasteiger partial charge on any atom is 0.311 e. The van der Waals surface area contributed by atoms with Crippen LogP contribution in [0.3, 0.4) is 0 Å². The fraction of sp³-hybridized carbons (Fsp3) is 0.909. The Morgan fingerprint density at radius 2 is 1.86 bits per heavy atom. The average Bonchev–Trinajstić information content (AvgIpc) is 2.11. The lowest BCUT2D eigenvalue weighted by molar-refractivity contribution is -0.158. The van der Waals surface area contributed by atoms with E-state index in [4.69, 9.17) is 9.47 Å². The van der Waals surface area contributed by atoms with Gasteiger partial charge >= 0.3 is 5.97 Å². The van der Waals surface area contributed by atoms with Gasteiger partial charge in [-0.3, -0.25) is 4.79 Å². The molecule has 0 atom stereocenters. The predicted octanol–water partition coefficient (Wildman–Crippen LogP) is 2.25. The Hall–Kier alpha value is -0.570. The van der Waals surface area contributed by atoms with E-state index >= 15 is 0 Å². The van der Waals surface area contributed by atoms with Crippen LogP contribution in [-0.2, 0) is 14.3 Å². The summed E-state index contributed by atoms with van der Waals surface area (Å²) >= 11 is 0. The number of hydrogen-bond acceptors (Lipinski definition) is 3. The summed E-state index contributed by atoms with van der Waals surface area (Å²) < 4.78 is 10.2. The van der Waals surface area contributed by atoms with Crippen molar-refractivity contribution in [3.05, 3.63) is 0 Å². The Bertz CT molecular complexity index is 173. The van der Waals surface area contributed by atoms with E-state index in [-0.39, 0.29) is 11.9 Å². The lowest BCUT2D eigenvalue weighted by Crippen LogP contribution is -2.32. The van der Waals surface area contributed by atoms with E-state index in [2.05, 4.69) is 0 Å². The topological polar surface area (TPSA) is 35.5 Å². The molecule has 0 aromatic rings. The van der Waals surface area contributed by atoms with Gasteiger partial charge in [0.25, 0.3) is 0 Å². The molecule has 0 spiro atoms. The van der Waals surface area contributed by atoms with Crippen LogP contribution in [0.5, 0.6) is 0 Å². The Kier molecular flexibility index (Phi) is 5.77. The highest BCUT2D eigenvalue weighted by Crippen LogP contribution is 2.27. The van der Waals surface area contributed by atoms with E-state index in [1.807, 2.05) is 34.6 Å². The first-order chi connectivity index (χ1) is 6.42. The SMILES string of the molecule is CCOCCOC(=O)C(C)(C)C(C)C. The number of carbonyl (C=O) groups excluding carboxylic acids is 1. The summed E-state index contributed by atoms with van der Waals surface area (Å²) in [5.74, 6) is 0.134. The van der Waals surface area contributed by atoms with Gasteiger partial charge in [0, 0.05) is 6.61 Å². The third-order valence-corrected chi connectivity index (χ3v) is 2.63. The van der Waals surface area contributed by atoms with E-state index in [1.54, 1.807) is 0 Å². The summed E-state index contributed by atoms with van der Waals surface area (Å²) in [6, 6.07) is 0. The highest BCUT2D eigenvalue weighted by molar-refractivity contribution is 5.76. The van der Waals surface area contributed by atoms with Crippen LogP contribution in [0.2, 0.25) is 0 Å². The third kappa shape index (κ3) is 4.09. The minimum Gasteiger partial charge on any atom is -0.463 e. The summed E-state index contributed by atoms with van der Waals surface area (Å²) in [5, 5.41) is 0. The molecule has 0 fully saturated rings. The molecule has 0 bridgehead atoms. The number of rotatable bonds is 6. The van der Waals surface area contributed by atoms with Crippen molar-refractivity contribution in [3.63, 3.8) is 0 Å². The maximum absolute atomic E-state index is 11.6. The third-order valence-electron chi connectivity index (χ3n) is 2.63. The molecule has 0 saturated carbocycles. The molecule has 3 heteroatoms. The van der Waals surface area contributed by atoms with Gasteiger partial charge in [-0.2, -0.15) is 0 Å². The second-order valence-electron chi connectivity index (χ2n) is 4.21. The van der Waals surface area contributed by atoms with Crippen molar-refractivity contribution in [2.45, 2.75) is 34.6 Å². The number of hydrogen-bond donors (Lipinski definition) is 0. The summed E-state index contributed by atoms with van der Waals surface area (Å²) in [6.07, 6.45) is 0. The maximum atomic E-state index is 11.6. The van der Waals surface area contributed by atoms with Gasteiger partial charge in [-0.1, -0.05) is 13.8 Å². The predicted molar refractivity (Wildman–Crippen MR) is 56.1 cm³/mol. The zero-order chi connectivity index (χ0) is 11.2. The van der Waals surface area contributed by atoms with Gasteiger partial charge in [-0.05, 0) is 26.7 Å². The Labute approximate surface area is 86.8 Å². The van der Waals surface area contributed by atoms with Crippen LogP contribution >= 0.6 is 0 Å². The lowest BCUT2D eigenvalue weighted by atomic mass is 9.81. The first-order valence-electron chi connectivity index (χ1n) is 5.17. The van der Waals surface area contributed by atoms with Crippen LogP contribution in [0.4, 0.5) is 0 Å². The molecular weight excluding hydrogens is 180 g/mol. The quantitative estimate of drug-likeness (QED) is 0.489. The lowest BCUT2D eigenvalue weighted by Gasteiger charge is -2.26. The van der Waals surface area contributed by atoms with Crippen LogP contribution in [0.25, 0.3) is 0 Å². The fourth-order valence-electron chi connectivity index (χ4n) is 0.759. The van der Waals surface area contributed by atoms with Crippen molar-refractivity contribution < 1.29 is 14.3 Å². The Morgan fingerprint density at radius 3 is 2.29 bits per heavy atom. The van der Waals surface area contributed by atoms with Crippen LogP contribution in [0.1, 0.15) is 34.6 Å². The van der Waals surface area contributed by atoms with E-state index in [9.17, 15) is 4.79 Å². The van der Waals surface area contributed by atoms with Crippen molar-refractivity contribution in [3.8, 4) is 0 Å². The second kappa shape index (κ2) is 6.02. The zero-order valence-electron chi connectivity index (χ0n) is 9.92. The molecule has 0 amide bonds. The first-order valence-corrected chi connectivity index (χ1v) is 5.17. The monoisotopic (exact) mass is 202 g/mol. The highest BCUT2D eigenvalue weighted by Gasteiger charge is 2.32. The molecule has 0 aliphatic rings. The van der Waals surface area contributed by atoms with Gasteiger partial charge in [0.2, 0.25) is 0 Å². The van der Waals surface area contributed by atoms with Crippen molar-refractivity contribution in [2.24, 2.45) is 11.3 Å². The van der Waals surface area contributed by atoms with Gasteiger partial charge in [-0.25, -0.2) is 0 Å². The van der Waals surface area contributed by atoms with E-state index in [0.717, 1.165) is 0 Å². The van der Waals surface area contributed by atoms with Gasteiger partial charge in [-0.15, -0.1) is 0 Å². The standard InChI is InChI=1S/C11H22O3/c1-6-13-7-8-14-10(12)11(4,5)9(2)3/h9H,6-8H2,1-5H3. The molecule has 0 N–H and O–H groups in total. The molecule has 0 radical (unpaired) electrons. The number of ether oxygens (including phenoxy) is 2. The summed E-state index contributed by atoms with van der Waals surface area (Å²) in [5.41, 5.74) is -0.411. The molecule has 0 aromatic heterocycles. The number of carbonyl (C=O) groups is 1. The van der Waals surface area contributed by atoms with Gasteiger partial charge < -0.3 is 9.47 Å². The van der Waals surface area contributed by atoms with E-state index < -0.39 is 5.41 Å². The minimum atomic E-state index is -0.411. The van der Waals surface area contributed by atoms with Crippen LogP contribution < -0.4 is 0 Å². The molecule has 0 aliphatic carbocycles. The van der Waals surface area contributed by atoms with Crippen LogP contribution in [0, 0.1) is 11.3 Å². The molecule has 0 unspecified atom stereocenters. The largest absolute Gasteiger partial charge is 0.463 e. The molecular formula is C11H22O3. The smallest absolute Gasteiger partial charge is 0.311 e. The van der Waals surface area contributed by atoms with E-state index in [0.29, 0.717) is 19.8 Å². The van der Waals surface area contributed by atoms with Crippen LogP contribution in [-0.4, -0.2) is 25.8 Å². The van der Waals surface area contributed by atoms with Gasteiger partial charge in [0.05, 0.1) is 12.0 Å². The zero-order valence-corrected chi connectivity index (χ0v) is 9.92. The molecule has 0 aliphatic heterocycles.